The van der Waals surface area contributed by atoms with Crippen molar-refractivity contribution < 1.29 is 4.79 Å². The zero-order valence-corrected chi connectivity index (χ0v) is 10.3. The number of carbonyl (C=O) groups excluding carboxylic acids is 1. The van der Waals surface area contributed by atoms with Gasteiger partial charge in [0.15, 0.2) is 5.43 Å². The van der Waals surface area contributed by atoms with Gasteiger partial charge in [0.1, 0.15) is 0 Å². The third-order valence-electron chi connectivity index (χ3n) is 2.89. The first-order valence-corrected chi connectivity index (χ1v) is 5.40. The maximum absolute atomic E-state index is 11.7. The van der Waals surface area contributed by atoms with Gasteiger partial charge in [-0.2, -0.15) is 0 Å². The van der Waals surface area contributed by atoms with Crippen LogP contribution in [0.15, 0.2) is 10.9 Å². The minimum Gasteiger partial charge on any atom is -0.352 e. The quantitative estimate of drug-likeness (QED) is 0.830. The molecule has 1 amide bonds. The van der Waals surface area contributed by atoms with Crippen LogP contribution in [0.25, 0.3) is 0 Å². The van der Waals surface area contributed by atoms with E-state index in [0.717, 1.165) is 11.4 Å². The van der Waals surface area contributed by atoms with Gasteiger partial charge in [0, 0.05) is 43.0 Å². The molecule has 0 unspecified atom stereocenters. The SMILES string of the molecule is CCC(=O)NCc1c(C)n(C)c(C)cc1=O. The molecule has 1 aromatic heterocycles. The molecule has 1 rings (SSSR count). The second-order valence-corrected chi connectivity index (χ2v) is 3.90. The Kier molecular flexibility index (Phi) is 3.88. The Labute approximate surface area is 95.3 Å². The van der Waals surface area contributed by atoms with E-state index in [0.29, 0.717) is 18.5 Å². The fraction of sp³-hybridized carbons (Fsp3) is 0.500. The van der Waals surface area contributed by atoms with Crippen LogP contribution >= 0.6 is 0 Å². The topological polar surface area (TPSA) is 51.1 Å². The maximum Gasteiger partial charge on any atom is 0.219 e. The zero-order valence-electron chi connectivity index (χ0n) is 10.3. The molecule has 1 aromatic rings. The minimum atomic E-state index is -0.0398. The summed E-state index contributed by atoms with van der Waals surface area (Å²) < 4.78 is 1.95. The highest BCUT2D eigenvalue weighted by atomic mass is 16.1. The highest BCUT2D eigenvalue weighted by Gasteiger charge is 2.08. The molecule has 4 nitrogen and oxygen atoms in total. The summed E-state index contributed by atoms with van der Waals surface area (Å²) in [7, 11) is 1.91. The van der Waals surface area contributed by atoms with Gasteiger partial charge in [-0.1, -0.05) is 6.92 Å². The lowest BCUT2D eigenvalue weighted by molar-refractivity contribution is -0.120. The molecule has 0 atom stereocenters. The molecule has 1 N–H and O–H groups in total. The van der Waals surface area contributed by atoms with Crippen LogP contribution in [0.2, 0.25) is 0 Å². The molecule has 0 aliphatic heterocycles. The summed E-state index contributed by atoms with van der Waals surface area (Å²) in [6.45, 7) is 5.88. The van der Waals surface area contributed by atoms with Gasteiger partial charge in [0.2, 0.25) is 5.91 Å². The van der Waals surface area contributed by atoms with Gasteiger partial charge < -0.3 is 9.88 Å². The normalized spacial score (nSPS) is 10.2. The van der Waals surface area contributed by atoms with E-state index in [2.05, 4.69) is 5.32 Å². The van der Waals surface area contributed by atoms with Crippen molar-refractivity contribution in [1.82, 2.24) is 9.88 Å². The predicted octanol–water partition coefficient (Wildman–Crippen LogP) is 1.03. The van der Waals surface area contributed by atoms with Crippen molar-refractivity contribution in [2.45, 2.75) is 33.7 Å². The number of hydrogen-bond acceptors (Lipinski definition) is 2. The van der Waals surface area contributed by atoms with E-state index in [1.807, 2.05) is 25.5 Å². The summed E-state index contributed by atoms with van der Waals surface area (Å²) in [6, 6.07) is 1.60. The number of aryl methyl sites for hydroxylation is 1. The molecule has 0 saturated carbocycles. The lowest BCUT2D eigenvalue weighted by atomic mass is 10.1. The highest BCUT2D eigenvalue weighted by molar-refractivity contribution is 5.75. The van der Waals surface area contributed by atoms with E-state index in [4.69, 9.17) is 0 Å². The summed E-state index contributed by atoms with van der Waals surface area (Å²) in [6.07, 6.45) is 0.436. The Morgan fingerprint density at radius 3 is 2.62 bits per heavy atom. The molecule has 0 saturated heterocycles. The third-order valence-corrected chi connectivity index (χ3v) is 2.89. The maximum atomic E-state index is 11.7. The number of aromatic nitrogens is 1. The first-order chi connectivity index (χ1) is 7.47. The Balaban J connectivity index is 3.01. The van der Waals surface area contributed by atoms with Crippen LogP contribution in [0.1, 0.15) is 30.3 Å². The van der Waals surface area contributed by atoms with Crippen molar-refractivity contribution in [2.24, 2.45) is 7.05 Å². The lowest BCUT2D eigenvalue weighted by Crippen LogP contribution is -2.27. The Morgan fingerprint density at radius 2 is 2.06 bits per heavy atom. The Hall–Kier alpha value is -1.58. The van der Waals surface area contributed by atoms with Gasteiger partial charge in [-0.15, -0.1) is 0 Å². The van der Waals surface area contributed by atoms with E-state index in [1.54, 1.807) is 13.0 Å². The van der Waals surface area contributed by atoms with E-state index < -0.39 is 0 Å². The second-order valence-electron chi connectivity index (χ2n) is 3.90. The fourth-order valence-corrected chi connectivity index (χ4v) is 1.55. The fourth-order valence-electron chi connectivity index (χ4n) is 1.55. The summed E-state index contributed by atoms with van der Waals surface area (Å²) in [5, 5.41) is 2.72. The Bertz CT molecular complexity index is 461. The standard InChI is InChI=1S/C12H18N2O2/c1-5-12(16)13-7-10-9(3)14(4)8(2)6-11(10)15/h6H,5,7H2,1-4H3,(H,13,16). The first kappa shape index (κ1) is 12.5. The molecular weight excluding hydrogens is 204 g/mol. The van der Waals surface area contributed by atoms with Crippen molar-refractivity contribution in [1.29, 1.82) is 0 Å². The van der Waals surface area contributed by atoms with Crippen LogP contribution in [0.5, 0.6) is 0 Å². The van der Waals surface area contributed by atoms with Crippen LogP contribution in [0.3, 0.4) is 0 Å². The van der Waals surface area contributed by atoms with Crippen LogP contribution < -0.4 is 10.7 Å². The molecule has 0 aliphatic rings. The van der Waals surface area contributed by atoms with E-state index in [9.17, 15) is 9.59 Å². The number of pyridine rings is 1. The largest absolute Gasteiger partial charge is 0.352 e. The molecule has 0 aliphatic carbocycles. The molecule has 88 valence electrons. The monoisotopic (exact) mass is 222 g/mol. The molecular formula is C12H18N2O2. The van der Waals surface area contributed by atoms with Crippen LogP contribution in [0, 0.1) is 13.8 Å². The molecule has 0 bridgehead atoms. The molecule has 4 heteroatoms. The molecule has 1 heterocycles. The number of carbonyl (C=O) groups is 1. The molecule has 0 radical (unpaired) electrons. The molecule has 16 heavy (non-hydrogen) atoms. The summed E-state index contributed by atoms with van der Waals surface area (Å²) in [5.74, 6) is -0.0398. The third kappa shape index (κ3) is 2.51. The minimum absolute atomic E-state index is 0.00972. The highest BCUT2D eigenvalue weighted by Crippen LogP contribution is 2.04. The average molecular weight is 222 g/mol. The van der Waals surface area contributed by atoms with Crippen molar-refractivity contribution in [2.75, 3.05) is 0 Å². The Morgan fingerprint density at radius 1 is 1.44 bits per heavy atom. The van der Waals surface area contributed by atoms with E-state index >= 15 is 0 Å². The summed E-state index contributed by atoms with van der Waals surface area (Å²) in [4.78, 5) is 22.9. The number of rotatable bonds is 3. The average Bonchev–Trinajstić information content (AvgIpc) is 2.25. The van der Waals surface area contributed by atoms with Crippen molar-refractivity contribution in [3.05, 3.63) is 33.2 Å². The zero-order chi connectivity index (χ0) is 12.3. The number of amides is 1. The summed E-state index contributed by atoms with van der Waals surface area (Å²) >= 11 is 0. The molecule has 0 fully saturated rings. The van der Waals surface area contributed by atoms with Crippen molar-refractivity contribution in [3.63, 3.8) is 0 Å². The number of nitrogens with zero attached hydrogens (tertiary/aromatic N) is 1. The van der Waals surface area contributed by atoms with Gasteiger partial charge in [-0.3, -0.25) is 9.59 Å². The van der Waals surface area contributed by atoms with Crippen molar-refractivity contribution in [3.8, 4) is 0 Å². The van der Waals surface area contributed by atoms with Gasteiger partial charge in [-0.05, 0) is 13.8 Å². The number of hydrogen-bond donors (Lipinski definition) is 1. The van der Waals surface area contributed by atoms with Crippen molar-refractivity contribution >= 4 is 5.91 Å². The van der Waals surface area contributed by atoms with E-state index in [-0.39, 0.29) is 11.3 Å². The first-order valence-electron chi connectivity index (χ1n) is 5.40. The van der Waals surface area contributed by atoms with Crippen LogP contribution in [-0.2, 0) is 18.4 Å². The van der Waals surface area contributed by atoms with Crippen LogP contribution in [0.4, 0.5) is 0 Å². The summed E-state index contributed by atoms with van der Waals surface area (Å²) in [5.41, 5.74) is 2.48. The predicted molar refractivity (Wildman–Crippen MR) is 63.3 cm³/mol. The van der Waals surface area contributed by atoms with Gasteiger partial charge >= 0.3 is 0 Å². The molecule has 0 aromatic carbocycles. The second kappa shape index (κ2) is 4.96. The van der Waals surface area contributed by atoms with Gasteiger partial charge in [0.05, 0.1) is 0 Å². The van der Waals surface area contributed by atoms with E-state index in [1.165, 1.54) is 0 Å². The molecule has 0 spiro atoms. The number of nitrogens with one attached hydrogen (secondary N) is 1. The van der Waals surface area contributed by atoms with Gasteiger partial charge in [-0.25, -0.2) is 0 Å². The smallest absolute Gasteiger partial charge is 0.219 e. The van der Waals surface area contributed by atoms with Crippen LogP contribution in [-0.4, -0.2) is 10.5 Å². The van der Waals surface area contributed by atoms with Gasteiger partial charge in [0.25, 0.3) is 0 Å². The lowest BCUT2D eigenvalue weighted by Gasteiger charge is -2.13.